The Labute approximate surface area is 297 Å². The molecule has 0 heterocycles. The number of hydrogen-bond donors (Lipinski definition) is 1. The molecule has 48 heavy (non-hydrogen) atoms. The molecule has 4 aromatic carbocycles. The summed E-state index contributed by atoms with van der Waals surface area (Å²) in [5.41, 5.74) is 3.17. The first kappa shape index (κ1) is 35.7. The number of nitrogens with zero attached hydrogens (tertiary/aromatic N) is 2. The summed E-state index contributed by atoms with van der Waals surface area (Å²) in [6.07, 6.45) is 3.96. The van der Waals surface area contributed by atoms with Gasteiger partial charge in [0.25, 0.3) is 10.0 Å². The van der Waals surface area contributed by atoms with Crippen LogP contribution in [0, 0.1) is 13.8 Å². The predicted octanol–water partition coefficient (Wildman–Crippen LogP) is 8.16. The molecule has 0 saturated heterocycles. The minimum Gasteiger partial charge on any atom is -0.352 e. The molecule has 0 bridgehead atoms. The van der Waals surface area contributed by atoms with E-state index in [1.54, 1.807) is 55.5 Å². The summed E-state index contributed by atoms with van der Waals surface area (Å²) in [6.45, 7) is 2.97. The van der Waals surface area contributed by atoms with E-state index in [1.807, 2.05) is 37.3 Å². The quantitative estimate of drug-likeness (QED) is 0.160. The van der Waals surface area contributed by atoms with Gasteiger partial charge in [-0.15, -0.1) is 0 Å². The SMILES string of the molecule is Cc1ccc(S(=O)(=O)N(CC(=O)N(Cc2ccc(Cl)cc2Cl)[C@@H](Cc2ccccc2)C(=O)NC2CCCC2)c2ccc(Cl)cc2C)cc1. The van der Waals surface area contributed by atoms with Crippen LogP contribution in [-0.2, 0) is 32.6 Å². The van der Waals surface area contributed by atoms with E-state index in [1.165, 1.54) is 17.0 Å². The summed E-state index contributed by atoms with van der Waals surface area (Å²) < 4.78 is 29.7. The smallest absolute Gasteiger partial charge is 0.264 e. The van der Waals surface area contributed by atoms with Gasteiger partial charge in [-0.05, 0) is 85.8 Å². The van der Waals surface area contributed by atoms with E-state index in [0.29, 0.717) is 31.9 Å². The molecular formula is C37H38Cl3N3O4S. The maximum absolute atomic E-state index is 14.7. The topological polar surface area (TPSA) is 86.8 Å². The number of anilines is 1. The largest absolute Gasteiger partial charge is 0.352 e. The number of carbonyl (C=O) groups is 2. The van der Waals surface area contributed by atoms with Gasteiger partial charge in [0, 0.05) is 34.1 Å². The van der Waals surface area contributed by atoms with Crippen LogP contribution in [0.15, 0.2) is 95.9 Å². The van der Waals surface area contributed by atoms with Crippen molar-refractivity contribution in [1.29, 1.82) is 0 Å². The van der Waals surface area contributed by atoms with E-state index in [0.717, 1.165) is 41.1 Å². The Kier molecular flexibility index (Phi) is 11.7. The van der Waals surface area contributed by atoms with Gasteiger partial charge in [-0.2, -0.15) is 0 Å². The number of rotatable bonds is 12. The van der Waals surface area contributed by atoms with Crippen LogP contribution in [0.3, 0.4) is 0 Å². The Morgan fingerprint density at radius 3 is 2.15 bits per heavy atom. The second kappa shape index (κ2) is 15.8. The second-order valence-electron chi connectivity index (χ2n) is 12.2. The molecule has 2 amide bonds. The van der Waals surface area contributed by atoms with Crippen molar-refractivity contribution < 1.29 is 18.0 Å². The highest BCUT2D eigenvalue weighted by Crippen LogP contribution is 2.31. The predicted molar refractivity (Wildman–Crippen MR) is 193 cm³/mol. The van der Waals surface area contributed by atoms with E-state index < -0.39 is 28.5 Å². The highest BCUT2D eigenvalue weighted by Gasteiger charge is 2.36. The first-order valence-corrected chi connectivity index (χ1v) is 18.4. The highest BCUT2D eigenvalue weighted by molar-refractivity contribution is 7.92. The number of hydrogen-bond acceptors (Lipinski definition) is 4. The Balaban J connectivity index is 1.60. The molecule has 1 fully saturated rings. The normalized spacial score (nSPS) is 14.0. The summed E-state index contributed by atoms with van der Waals surface area (Å²) in [4.78, 5) is 30.4. The summed E-state index contributed by atoms with van der Waals surface area (Å²) >= 11 is 19.1. The lowest BCUT2D eigenvalue weighted by molar-refractivity contribution is -0.140. The van der Waals surface area contributed by atoms with Gasteiger partial charge in [0.1, 0.15) is 12.6 Å². The van der Waals surface area contributed by atoms with E-state index in [-0.39, 0.29) is 29.8 Å². The lowest BCUT2D eigenvalue weighted by Gasteiger charge is -2.35. The average Bonchev–Trinajstić information content (AvgIpc) is 3.56. The molecule has 1 aliphatic carbocycles. The highest BCUT2D eigenvalue weighted by atomic mass is 35.5. The maximum atomic E-state index is 14.7. The van der Waals surface area contributed by atoms with Crippen LogP contribution in [0.5, 0.6) is 0 Å². The van der Waals surface area contributed by atoms with Gasteiger partial charge in [0.15, 0.2) is 0 Å². The first-order valence-electron chi connectivity index (χ1n) is 15.9. The third-order valence-electron chi connectivity index (χ3n) is 8.64. The average molecular weight is 727 g/mol. The van der Waals surface area contributed by atoms with Gasteiger partial charge < -0.3 is 10.2 Å². The molecule has 1 atom stereocenters. The van der Waals surface area contributed by atoms with Gasteiger partial charge in [-0.3, -0.25) is 13.9 Å². The standard InChI is InChI=1S/C37H38Cl3N3O4S/c1-25-12-17-32(18-13-25)48(46,47)43(34-19-16-29(38)20-26(34)2)24-36(44)42(23-28-14-15-30(39)22-33(28)40)35(21-27-8-4-3-5-9-27)37(45)41-31-10-6-7-11-31/h3-5,8-9,12-20,22,31,35H,6-7,10-11,21,23-24H2,1-2H3,(H,41,45)/t35-/m0/s1. The van der Waals surface area contributed by atoms with Crippen molar-refractivity contribution in [3.05, 3.63) is 128 Å². The summed E-state index contributed by atoms with van der Waals surface area (Å²) in [5, 5.41) is 4.36. The van der Waals surface area contributed by atoms with Crippen molar-refractivity contribution in [2.75, 3.05) is 10.8 Å². The minimum absolute atomic E-state index is 0.00183. The molecular weight excluding hydrogens is 689 g/mol. The van der Waals surface area contributed by atoms with Crippen LogP contribution in [0.1, 0.15) is 47.9 Å². The molecule has 1 saturated carbocycles. The number of benzene rings is 4. The molecule has 1 aliphatic rings. The second-order valence-corrected chi connectivity index (χ2v) is 15.4. The molecule has 5 rings (SSSR count). The van der Waals surface area contributed by atoms with Crippen molar-refractivity contribution in [1.82, 2.24) is 10.2 Å². The molecule has 0 unspecified atom stereocenters. The molecule has 0 spiro atoms. The fourth-order valence-electron chi connectivity index (χ4n) is 6.00. The monoisotopic (exact) mass is 725 g/mol. The molecule has 0 radical (unpaired) electrons. The number of nitrogens with one attached hydrogen (secondary N) is 1. The van der Waals surface area contributed by atoms with E-state index in [9.17, 15) is 18.0 Å². The number of sulfonamides is 1. The van der Waals surface area contributed by atoms with Crippen LogP contribution < -0.4 is 9.62 Å². The van der Waals surface area contributed by atoms with Crippen LogP contribution in [0.25, 0.3) is 0 Å². The van der Waals surface area contributed by atoms with Gasteiger partial charge in [-0.1, -0.05) is 102 Å². The molecule has 0 aliphatic heterocycles. The van der Waals surface area contributed by atoms with Crippen molar-refractivity contribution in [3.63, 3.8) is 0 Å². The fraction of sp³-hybridized carbons (Fsp3) is 0.297. The molecule has 7 nitrogen and oxygen atoms in total. The number of amides is 2. The van der Waals surface area contributed by atoms with Gasteiger partial charge in [-0.25, -0.2) is 8.42 Å². The van der Waals surface area contributed by atoms with E-state index in [4.69, 9.17) is 34.8 Å². The molecule has 11 heteroatoms. The van der Waals surface area contributed by atoms with Crippen molar-refractivity contribution >= 4 is 62.3 Å². The number of carbonyl (C=O) groups excluding carboxylic acids is 2. The van der Waals surface area contributed by atoms with Crippen molar-refractivity contribution in [2.24, 2.45) is 0 Å². The zero-order chi connectivity index (χ0) is 34.4. The van der Waals surface area contributed by atoms with Crippen LogP contribution in [-0.4, -0.2) is 43.8 Å². The third-order valence-corrected chi connectivity index (χ3v) is 11.2. The first-order chi connectivity index (χ1) is 22.9. The van der Waals surface area contributed by atoms with Crippen molar-refractivity contribution in [3.8, 4) is 0 Å². The van der Waals surface area contributed by atoms with Gasteiger partial charge in [0.05, 0.1) is 10.6 Å². The Bertz CT molecular complexity index is 1860. The van der Waals surface area contributed by atoms with Crippen LogP contribution >= 0.6 is 34.8 Å². The lowest BCUT2D eigenvalue weighted by Crippen LogP contribution is -2.54. The molecule has 0 aromatic heterocycles. The van der Waals surface area contributed by atoms with Crippen LogP contribution in [0.4, 0.5) is 5.69 Å². The lowest BCUT2D eigenvalue weighted by atomic mass is 10.0. The fourth-order valence-corrected chi connectivity index (χ4v) is 8.18. The molecule has 4 aromatic rings. The molecule has 252 valence electrons. The zero-order valence-corrected chi connectivity index (χ0v) is 29.9. The van der Waals surface area contributed by atoms with Gasteiger partial charge in [0.2, 0.25) is 11.8 Å². The minimum atomic E-state index is -4.25. The van der Waals surface area contributed by atoms with Crippen molar-refractivity contribution in [2.45, 2.75) is 69.5 Å². The Hall–Kier alpha value is -3.56. The van der Waals surface area contributed by atoms with E-state index in [2.05, 4.69) is 5.32 Å². The zero-order valence-electron chi connectivity index (χ0n) is 26.8. The summed E-state index contributed by atoms with van der Waals surface area (Å²) in [5.74, 6) is -0.881. The maximum Gasteiger partial charge on any atom is 0.264 e. The van der Waals surface area contributed by atoms with E-state index >= 15 is 0 Å². The summed E-state index contributed by atoms with van der Waals surface area (Å²) in [6, 6.07) is 24.7. The summed E-state index contributed by atoms with van der Waals surface area (Å²) in [7, 11) is -4.25. The Morgan fingerprint density at radius 1 is 0.854 bits per heavy atom. The van der Waals surface area contributed by atoms with Crippen LogP contribution in [0.2, 0.25) is 15.1 Å². The third kappa shape index (κ3) is 8.72. The van der Waals surface area contributed by atoms with Gasteiger partial charge >= 0.3 is 0 Å². The molecule has 1 N–H and O–H groups in total. The number of aryl methyl sites for hydroxylation is 2. The Morgan fingerprint density at radius 2 is 1.50 bits per heavy atom. The number of halogens is 3.